The predicted octanol–water partition coefficient (Wildman–Crippen LogP) is 5.58. The number of hydrogen-bond donors (Lipinski definition) is 2. The number of amides is 4. The standard InChI is InChI=1S/C45H57N7O8/c1-6-17-45(28-53,18-7-2)41-33-24-29(34-27-49(3)40(55)26-38(34)59-5)8-10-35(33)46-43(48-41)51-21-14-32(15-22-51)60-31-12-19-50(20-13-31)42(56)30-9-11-37(58-4)36(25-30)52-23-16-39(54)47-44(52)57/h8-11,24-27,31-32,53H,6-7,12-23,28H2,1-5H3,(H,47,54,57). The van der Waals surface area contributed by atoms with Crippen LogP contribution in [0.4, 0.5) is 16.4 Å². The molecule has 0 saturated carbocycles. The molecule has 2 N–H and O–H groups in total. The maximum absolute atomic E-state index is 13.6. The number of methoxy groups -OCH3 is 2. The fourth-order valence-electron chi connectivity index (χ4n) is 9.05. The highest BCUT2D eigenvalue weighted by atomic mass is 16.5. The van der Waals surface area contributed by atoms with Gasteiger partial charge >= 0.3 is 6.03 Å². The summed E-state index contributed by atoms with van der Waals surface area (Å²) >= 11 is 0. The molecule has 5 heterocycles. The smallest absolute Gasteiger partial charge is 0.328 e. The van der Waals surface area contributed by atoms with E-state index in [1.165, 1.54) is 22.6 Å². The number of piperidine rings is 2. The van der Waals surface area contributed by atoms with E-state index >= 15 is 0 Å². The van der Waals surface area contributed by atoms with Crippen LogP contribution in [0.3, 0.4) is 0 Å². The summed E-state index contributed by atoms with van der Waals surface area (Å²) in [6, 6.07) is 12.1. The van der Waals surface area contributed by atoms with Crippen molar-refractivity contribution in [1.29, 1.82) is 0 Å². The third kappa shape index (κ3) is 8.69. The lowest BCUT2D eigenvalue weighted by atomic mass is 9.75. The first-order valence-corrected chi connectivity index (χ1v) is 21.2. The normalized spacial score (nSPS) is 17.0. The molecule has 0 radical (unpaired) electrons. The Morgan fingerprint density at radius 1 is 0.867 bits per heavy atom. The average molecular weight is 824 g/mol. The van der Waals surface area contributed by atoms with Crippen molar-refractivity contribution >= 4 is 40.4 Å². The van der Waals surface area contributed by atoms with E-state index in [1.54, 1.807) is 38.6 Å². The number of nitrogens with zero attached hydrogens (tertiary/aromatic N) is 6. The number of aryl methyl sites for hydroxylation is 1. The lowest BCUT2D eigenvalue weighted by Gasteiger charge is -2.38. The molecular formula is C45H57N7O8. The van der Waals surface area contributed by atoms with Crippen molar-refractivity contribution in [2.75, 3.05) is 63.4 Å². The van der Waals surface area contributed by atoms with Gasteiger partial charge in [0.2, 0.25) is 11.9 Å². The molecule has 60 heavy (non-hydrogen) atoms. The lowest BCUT2D eigenvalue weighted by Crippen LogP contribution is -2.49. The number of aliphatic hydroxyl groups excluding tert-OH is 1. The predicted molar refractivity (Wildman–Crippen MR) is 229 cm³/mol. The van der Waals surface area contributed by atoms with Gasteiger partial charge in [0.05, 0.1) is 49.9 Å². The summed E-state index contributed by atoms with van der Waals surface area (Å²) < 4.78 is 19.3. The number of rotatable bonds is 14. The molecule has 2 aromatic carbocycles. The van der Waals surface area contributed by atoms with Crippen LogP contribution >= 0.6 is 0 Å². The molecule has 3 fully saturated rings. The number of fused-ring (bicyclic) bond motifs is 1. The highest BCUT2D eigenvalue weighted by Gasteiger charge is 2.36. The van der Waals surface area contributed by atoms with E-state index in [9.17, 15) is 24.3 Å². The second-order valence-corrected chi connectivity index (χ2v) is 16.2. The van der Waals surface area contributed by atoms with Gasteiger partial charge in [-0.05, 0) is 74.4 Å². The summed E-state index contributed by atoms with van der Waals surface area (Å²) in [5.41, 5.74) is 3.49. The van der Waals surface area contributed by atoms with Crippen molar-refractivity contribution in [3.8, 4) is 22.6 Å². The third-order valence-corrected chi connectivity index (χ3v) is 12.3. The number of pyridine rings is 1. The quantitative estimate of drug-likeness (QED) is 0.163. The van der Waals surface area contributed by atoms with Crippen molar-refractivity contribution in [3.63, 3.8) is 0 Å². The monoisotopic (exact) mass is 823 g/mol. The number of hydrogen-bond acceptors (Lipinski definition) is 11. The van der Waals surface area contributed by atoms with Crippen LogP contribution in [0.1, 0.15) is 87.7 Å². The Morgan fingerprint density at radius 3 is 2.18 bits per heavy atom. The molecule has 0 atom stereocenters. The molecule has 0 unspecified atom stereocenters. The number of carbonyl (C=O) groups excluding carboxylic acids is 3. The van der Waals surface area contributed by atoms with Crippen molar-refractivity contribution in [1.82, 2.24) is 24.8 Å². The van der Waals surface area contributed by atoms with E-state index in [-0.39, 0.29) is 49.2 Å². The van der Waals surface area contributed by atoms with Crippen LogP contribution in [0.2, 0.25) is 0 Å². The minimum absolute atomic E-state index is 0.0308. The van der Waals surface area contributed by atoms with Crippen LogP contribution in [-0.4, -0.2) is 108 Å². The van der Waals surface area contributed by atoms with Gasteiger partial charge in [-0.3, -0.25) is 24.6 Å². The average Bonchev–Trinajstić information content (AvgIpc) is 3.26. The van der Waals surface area contributed by atoms with Crippen LogP contribution in [0.15, 0.2) is 53.5 Å². The molecule has 320 valence electrons. The first kappa shape index (κ1) is 42.6. The van der Waals surface area contributed by atoms with Gasteiger partial charge in [-0.15, -0.1) is 0 Å². The number of imide groups is 1. The Morgan fingerprint density at radius 2 is 1.55 bits per heavy atom. The van der Waals surface area contributed by atoms with Gasteiger partial charge in [0.15, 0.2) is 0 Å². The molecule has 3 aliphatic rings. The van der Waals surface area contributed by atoms with Gasteiger partial charge in [0, 0.05) is 80.4 Å². The lowest BCUT2D eigenvalue weighted by molar-refractivity contribution is -0.120. The van der Waals surface area contributed by atoms with Crippen molar-refractivity contribution in [2.24, 2.45) is 7.05 Å². The van der Waals surface area contributed by atoms with Gasteiger partial charge in [0.1, 0.15) is 11.5 Å². The topological polar surface area (TPSA) is 169 Å². The number of ether oxygens (including phenoxy) is 3. The molecule has 4 aromatic rings. The van der Waals surface area contributed by atoms with Gasteiger partial charge in [-0.1, -0.05) is 32.8 Å². The SMILES string of the molecule is CCCC(CO)(CCC)c1nc(N2CCC(OC3CCN(C(=O)c4ccc(OC)c(N5CCC(=O)NC5=O)c4)CC3)CC2)nc2ccc(-c3cn(C)c(=O)cc3OC)cc12. The van der Waals surface area contributed by atoms with Crippen molar-refractivity contribution in [3.05, 3.63) is 70.3 Å². The zero-order valence-corrected chi connectivity index (χ0v) is 35.4. The molecule has 15 heteroatoms. The summed E-state index contributed by atoms with van der Waals surface area (Å²) in [4.78, 5) is 66.3. The first-order valence-electron chi connectivity index (χ1n) is 21.2. The molecule has 0 aliphatic carbocycles. The maximum Gasteiger partial charge on any atom is 0.328 e. The number of likely N-dealkylation sites (tertiary alicyclic amines) is 1. The van der Waals surface area contributed by atoms with E-state index < -0.39 is 11.4 Å². The zero-order chi connectivity index (χ0) is 42.6. The summed E-state index contributed by atoms with van der Waals surface area (Å²) in [6.45, 7) is 6.99. The largest absolute Gasteiger partial charge is 0.496 e. The highest BCUT2D eigenvalue weighted by molar-refractivity contribution is 6.07. The summed E-state index contributed by atoms with van der Waals surface area (Å²) in [6.07, 6.45) is 8.42. The third-order valence-electron chi connectivity index (χ3n) is 12.3. The summed E-state index contributed by atoms with van der Waals surface area (Å²) in [5, 5.41) is 14.3. The Kier molecular flexibility index (Phi) is 13.0. The molecule has 0 spiro atoms. The molecule has 4 amide bonds. The van der Waals surface area contributed by atoms with Gasteiger partial charge in [0.25, 0.3) is 11.5 Å². The second kappa shape index (κ2) is 18.4. The minimum Gasteiger partial charge on any atom is -0.496 e. The van der Waals surface area contributed by atoms with Crippen LogP contribution in [0.5, 0.6) is 11.5 Å². The number of urea groups is 1. The Balaban J connectivity index is 1.03. The fourth-order valence-corrected chi connectivity index (χ4v) is 9.05. The molecule has 2 aromatic heterocycles. The first-order chi connectivity index (χ1) is 29.0. The van der Waals surface area contributed by atoms with Gasteiger partial charge in [-0.2, -0.15) is 0 Å². The van der Waals surface area contributed by atoms with E-state index in [4.69, 9.17) is 24.2 Å². The number of aromatic nitrogens is 3. The number of aliphatic hydroxyl groups is 1. The number of anilines is 2. The summed E-state index contributed by atoms with van der Waals surface area (Å²) in [5.74, 6) is 1.13. The fraction of sp³-hybridized carbons (Fsp3) is 0.511. The molecule has 15 nitrogen and oxygen atoms in total. The Labute approximate surface area is 350 Å². The Bertz CT molecular complexity index is 2270. The Hall–Kier alpha value is -5.54. The molecule has 0 bridgehead atoms. The minimum atomic E-state index is -0.551. The molecular weight excluding hydrogens is 767 g/mol. The maximum atomic E-state index is 13.6. The van der Waals surface area contributed by atoms with E-state index in [2.05, 4.69) is 30.1 Å². The number of carbonyl (C=O) groups is 3. The van der Waals surface area contributed by atoms with Gasteiger partial charge < -0.3 is 33.7 Å². The molecule has 7 rings (SSSR count). The van der Waals surface area contributed by atoms with Crippen LogP contribution in [-0.2, 0) is 22.0 Å². The zero-order valence-electron chi connectivity index (χ0n) is 35.4. The van der Waals surface area contributed by atoms with E-state index in [1.807, 2.05) is 17.0 Å². The van der Waals surface area contributed by atoms with Crippen LogP contribution in [0, 0.1) is 0 Å². The second-order valence-electron chi connectivity index (χ2n) is 16.2. The molecule has 3 saturated heterocycles. The van der Waals surface area contributed by atoms with Crippen LogP contribution in [0.25, 0.3) is 22.0 Å². The number of nitrogens with one attached hydrogen (secondary N) is 1. The van der Waals surface area contributed by atoms with Crippen molar-refractivity contribution in [2.45, 2.75) is 89.3 Å². The van der Waals surface area contributed by atoms with E-state index in [0.29, 0.717) is 54.6 Å². The summed E-state index contributed by atoms with van der Waals surface area (Å²) in [7, 11) is 4.79. The van der Waals surface area contributed by atoms with Crippen LogP contribution < -0.4 is 30.1 Å². The highest BCUT2D eigenvalue weighted by Crippen LogP contribution is 2.40. The number of benzene rings is 2. The van der Waals surface area contributed by atoms with E-state index in [0.717, 1.165) is 79.3 Å². The molecule has 3 aliphatic heterocycles. The van der Waals surface area contributed by atoms with Crippen molar-refractivity contribution < 1.29 is 33.7 Å². The van der Waals surface area contributed by atoms with Gasteiger partial charge in [-0.25, -0.2) is 14.8 Å².